The monoisotopic (exact) mass is 291 g/mol. The molecule has 0 saturated carbocycles. The molecule has 0 amide bonds. The van der Waals surface area contributed by atoms with Crippen molar-refractivity contribution in [2.45, 2.75) is 4.90 Å². The van der Waals surface area contributed by atoms with Crippen LogP contribution in [0.1, 0.15) is 5.69 Å². The maximum absolute atomic E-state index is 11.3. The first kappa shape index (κ1) is 14.0. The molecule has 104 valence electrons. The topological polar surface area (TPSA) is 106 Å². The Kier molecular flexibility index (Phi) is 3.71. The Labute approximate surface area is 116 Å². The maximum atomic E-state index is 11.3. The third-order valence-electron chi connectivity index (χ3n) is 2.47. The van der Waals surface area contributed by atoms with Crippen molar-refractivity contribution in [3.05, 3.63) is 48.2 Å². The molecule has 0 unspecified atom stereocenters. The standard InChI is InChI=1S/C13H13N3O3S/c1-20(17,18)10-7-5-9(6-8-10)19-12-4-2-3-11(16-12)13(14)15/h2-8H,1H3,(H3,14,15). The molecule has 0 spiro atoms. The molecule has 0 saturated heterocycles. The number of aromatic nitrogens is 1. The normalized spacial score (nSPS) is 11.1. The number of amidine groups is 1. The molecule has 3 N–H and O–H groups in total. The van der Waals surface area contributed by atoms with Crippen molar-refractivity contribution in [2.24, 2.45) is 5.73 Å². The van der Waals surface area contributed by atoms with E-state index in [9.17, 15) is 8.42 Å². The lowest BCUT2D eigenvalue weighted by molar-refractivity contribution is 0.462. The number of hydrogen-bond acceptors (Lipinski definition) is 5. The third kappa shape index (κ3) is 3.33. The van der Waals surface area contributed by atoms with E-state index in [-0.39, 0.29) is 16.6 Å². The largest absolute Gasteiger partial charge is 0.439 e. The van der Waals surface area contributed by atoms with Crippen molar-refractivity contribution < 1.29 is 13.2 Å². The predicted molar refractivity (Wildman–Crippen MR) is 74.9 cm³/mol. The highest BCUT2D eigenvalue weighted by Gasteiger charge is 2.07. The van der Waals surface area contributed by atoms with E-state index in [0.29, 0.717) is 11.4 Å². The highest BCUT2D eigenvalue weighted by molar-refractivity contribution is 7.90. The summed E-state index contributed by atoms with van der Waals surface area (Å²) in [6, 6.07) is 10.9. The van der Waals surface area contributed by atoms with Crippen molar-refractivity contribution in [3.63, 3.8) is 0 Å². The van der Waals surface area contributed by atoms with Gasteiger partial charge in [0.25, 0.3) is 0 Å². The van der Waals surface area contributed by atoms with Gasteiger partial charge in [-0.2, -0.15) is 0 Å². The number of nitrogens with zero attached hydrogens (tertiary/aromatic N) is 1. The lowest BCUT2D eigenvalue weighted by atomic mass is 10.3. The van der Waals surface area contributed by atoms with Crippen molar-refractivity contribution >= 4 is 15.7 Å². The number of sulfone groups is 1. The molecule has 2 rings (SSSR count). The average Bonchev–Trinajstić information content (AvgIpc) is 2.38. The predicted octanol–water partition coefficient (Wildman–Crippen LogP) is 1.56. The number of nitrogens with two attached hydrogens (primary N) is 1. The van der Waals surface area contributed by atoms with Crippen LogP contribution in [0.3, 0.4) is 0 Å². The highest BCUT2D eigenvalue weighted by atomic mass is 32.2. The van der Waals surface area contributed by atoms with E-state index in [1.807, 2.05) is 0 Å². The Hall–Kier alpha value is -2.41. The number of benzene rings is 1. The molecule has 0 aliphatic rings. The fourth-order valence-corrected chi connectivity index (χ4v) is 2.13. The van der Waals surface area contributed by atoms with Crippen molar-refractivity contribution in [2.75, 3.05) is 6.26 Å². The molecule has 1 aromatic carbocycles. The summed E-state index contributed by atoms with van der Waals surface area (Å²) in [6.07, 6.45) is 1.14. The first-order chi connectivity index (χ1) is 9.36. The number of nitrogens with one attached hydrogen (secondary N) is 1. The first-order valence-corrected chi connectivity index (χ1v) is 7.55. The second-order valence-corrected chi connectivity index (χ2v) is 6.14. The van der Waals surface area contributed by atoms with Gasteiger partial charge in [0.1, 0.15) is 17.3 Å². The number of ether oxygens (including phenoxy) is 1. The third-order valence-corrected chi connectivity index (χ3v) is 3.60. The fourth-order valence-electron chi connectivity index (χ4n) is 1.50. The molecular formula is C13H13N3O3S. The zero-order valence-corrected chi connectivity index (χ0v) is 11.5. The molecule has 0 radical (unpaired) electrons. The van der Waals surface area contributed by atoms with E-state index < -0.39 is 9.84 Å². The maximum Gasteiger partial charge on any atom is 0.219 e. The summed E-state index contributed by atoms with van der Waals surface area (Å²) in [6.45, 7) is 0. The number of nitrogen functional groups attached to an aromatic ring is 1. The van der Waals surface area contributed by atoms with Crippen LogP contribution in [0.5, 0.6) is 11.6 Å². The van der Waals surface area contributed by atoms with Crippen LogP contribution in [0.25, 0.3) is 0 Å². The molecule has 0 fully saturated rings. The molecule has 0 bridgehead atoms. The summed E-state index contributed by atoms with van der Waals surface area (Å²) >= 11 is 0. The van der Waals surface area contributed by atoms with Crippen LogP contribution in [-0.2, 0) is 9.84 Å². The number of pyridine rings is 1. The van der Waals surface area contributed by atoms with E-state index in [4.69, 9.17) is 15.9 Å². The SMILES string of the molecule is CS(=O)(=O)c1ccc(Oc2cccc(C(=N)N)n2)cc1. The molecule has 1 aromatic heterocycles. The van der Waals surface area contributed by atoms with E-state index in [0.717, 1.165) is 6.26 Å². The molecular weight excluding hydrogens is 278 g/mol. The van der Waals surface area contributed by atoms with Gasteiger partial charge in [-0.15, -0.1) is 0 Å². The quantitative estimate of drug-likeness (QED) is 0.656. The van der Waals surface area contributed by atoms with Crippen LogP contribution >= 0.6 is 0 Å². The van der Waals surface area contributed by atoms with Gasteiger partial charge in [0.2, 0.25) is 5.88 Å². The van der Waals surface area contributed by atoms with Crippen LogP contribution in [-0.4, -0.2) is 25.5 Å². The van der Waals surface area contributed by atoms with Crippen LogP contribution < -0.4 is 10.5 Å². The summed E-state index contributed by atoms with van der Waals surface area (Å²) in [5.41, 5.74) is 5.66. The smallest absolute Gasteiger partial charge is 0.219 e. The Morgan fingerprint density at radius 1 is 1.20 bits per heavy atom. The van der Waals surface area contributed by atoms with Crippen LogP contribution in [0, 0.1) is 5.41 Å². The summed E-state index contributed by atoms with van der Waals surface area (Å²) in [5, 5.41) is 7.30. The molecule has 6 nitrogen and oxygen atoms in total. The van der Waals surface area contributed by atoms with E-state index in [2.05, 4.69) is 4.98 Å². The van der Waals surface area contributed by atoms with Gasteiger partial charge >= 0.3 is 0 Å². The van der Waals surface area contributed by atoms with Gasteiger partial charge in [-0.3, -0.25) is 5.41 Å². The zero-order valence-electron chi connectivity index (χ0n) is 10.7. The molecule has 1 heterocycles. The molecule has 20 heavy (non-hydrogen) atoms. The summed E-state index contributed by atoms with van der Waals surface area (Å²) in [5.74, 6) is 0.582. The van der Waals surface area contributed by atoms with E-state index >= 15 is 0 Å². The first-order valence-electron chi connectivity index (χ1n) is 5.66. The lowest BCUT2D eigenvalue weighted by Crippen LogP contribution is -2.13. The van der Waals surface area contributed by atoms with Gasteiger partial charge < -0.3 is 10.5 Å². The minimum absolute atomic E-state index is 0.150. The van der Waals surface area contributed by atoms with Crippen molar-refractivity contribution in [1.82, 2.24) is 4.98 Å². The van der Waals surface area contributed by atoms with Gasteiger partial charge in [0.05, 0.1) is 4.90 Å². The Morgan fingerprint density at radius 3 is 2.40 bits per heavy atom. The summed E-state index contributed by atoms with van der Waals surface area (Å²) in [4.78, 5) is 4.27. The molecule has 2 aromatic rings. The molecule has 7 heteroatoms. The second-order valence-electron chi connectivity index (χ2n) is 4.12. The van der Waals surface area contributed by atoms with Crippen LogP contribution in [0.4, 0.5) is 0 Å². The fraction of sp³-hybridized carbons (Fsp3) is 0.0769. The van der Waals surface area contributed by atoms with Gasteiger partial charge in [-0.25, -0.2) is 13.4 Å². The van der Waals surface area contributed by atoms with Crippen LogP contribution in [0.15, 0.2) is 47.4 Å². The Bertz CT molecular complexity index is 740. The lowest BCUT2D eigenvalue weighted by Gasteiger charge is -2.06. The van der Waals surface area contributed by atoms with Gasteiger partial charge in [0, 0.05) is 12.3 Å². The van der Waals surface area contributed by atoms with Gasteiger partial charge in [-0.05, 0) is 30.3 Å². The van der Waals surface area contributed by atoms with Gasteiger partial charge in [-0.1, -0.05) is 6.07 Å². The zero-order chi connectivity index (χ0) is 14.8. The van der Waals surface area contributed by atoms with Crippen molar-refractivity contribution in [1.29, 1.82) is 5.41 Å². The number of hydrogen-bond donors (Lipinski definition) is 2. The van der Waals surface area contributed by atoms with Crippen LogP contribution in [0.2, 0.25) is 0 Å². The Morgan fingerprint density at radius 2 is 1.85 bits per heavy atom. The molecule has 0 aliphatic carbocycles. The average molecular weight is 291 g/mol. The summed E-state index contributed by atoms with van der Waals surface area (Å²) < 4.78 is 28.1. The minimum atomic E-state index is -3.23. The Balaban J connectivity index is 2.22. The second kappa shape index (κ2) is 5.30. The summed E-state index contributed by atoms with van der Waals surface area (Å²) in [7, 11) is -3.23. The molecule has 0 aliphatic heterocycles. The minimum Gasteiger partial charge on any atom is -0.439 e. The van der Waals surface area contributed by atoms with Crippen molar-refractivity contribution in [3.8, 4) is 11.6 Å². The molecule has 0 atom stereocenters. The highest BCUT2D eigenvalue weighted by Crippen LogP contribution is 2.21. The van der Waals surface area contributed by atoms with E-state index in [1.54, 1.807) is 30.3 Å². The van der Waals surface area contributed by atoms with E-state index in [1.165, 1.54) is 12.1 Å². The van der Waals surface area contributed by atoms with Gasteiger partial charge in [0.15, 0.2) is 9.84 Å². The number of rotatable bonds is 4.